The normalized spacial score (nSPS) is 13.1. The molecule has 4 aromatic rings. The van der Waals surface area contributed by atoms with Gasteiger partial charge in [0.2, 0.25) is 18.5 Å². The maximum Gasteiger partial charge on any atom is 0.416 e. The highest BCUT2D eigenvalue weighted by Gasteiger charge is 2.30. The second-order valence-electron chi connectivity index (χ2n) is 7.45. The minimum Gasteiger partial charge on any atom is -0.454 e. The molecule has 3 heterocycles. The summed E-state index contributed by atoms with van der Waals surface area (Å²) < 4.78 is 55.9. The first-order valence-corrected chi connectivity index (χ1v) is 11.3. The molecular formula is C22H17F3N4O4S. The quantitative estimate of drug-likeness (QED) is 0.279. The minimum atomic E-state index is -4.42. The van der Waals surface area contributed by atoms with E-state index in [0.29, 0.717) is 39.7 Å². The fourth-order valence-electron chi connectivity index (χ4n) is 3.49. The summed E-state index contributed by atoms with van der Waals surface area (Å²) in [5.41, 5.74) is -0.0612. The molecule has 2 aromatic heterocycles. The number of rotatable bonds is 6. The van der Waals surface area contributed by atoms with Crippen LogP contribution in [0.4, 0.5) is 13.2 Å². The molecule has 5 rings (SSSR count). The van der Waals surface area contributed by atoms with E-state index in [-0.39, 0.29) is 29.8 Å². The number of benzene rings is 2. The molecule has 1 aliphatic rings. The van der Waals surface area contributed by atoms with E-state index in [0.717, 1.165) is 18.6 Å². The Hall–Kier alpha value is -3.54. The number of hydrogen-bond acceptors (Lipinski definition) is 8. The van der Waals surface area contributed by atoms with Gasteiger partial charge in [-0.15, -0.1) is 0 Å². The van der Waals surface area contributed by atoms with Crippen molar-refractivity contribution in [3.05, 3.63) is 58.2 Å². The highest BCUT2D eigenvalue weighted by atomic mass is 32.2. The Bertz CT molecular complexity index is 1420. The van der Waals surface area contributed by atoms with Crippen molar-refractivity contribution in [1.82, 2.24) is 19.7 Å². The summed E-state index contributed by atoms with van der Waals surface area (Å²) >= 11 is 1.25. The average Bonchev–Trinajstić information content (AvgIpc) is 3.47. The molecule has 0 N–H and O–H groups in total. The van der Waals surface area contributed by atoms with Crippen molar-refractivity contribution in [1.29, 1.82) is 0 Å². The Morgan fingerprint density at radius 1 is 1.09 bits per heavy atom. The Kier molecular flexibility index (Phi) is 5.68. The van der Waals surface area contributed by atoms with Crippen molar-refractivity contribution in [2.45, 2.75) is 37.0 Å². The zero-order chi connectivity index (χ0) is 23.9. The first-order chi connectivity index (χ1) is 16.3. The smallest absolute Gasteiger partial charge is 0.416 e. The fourth-order valence-corrected chi connectivity index (χ4v) is 4.35. The maximum atomic E-state index is 13.1. The van der Waals surface area contributed by atoms with Gasteiger partial charge in [0.25, 0.3) is 5.56 Å². The molecule has 0 fully saturated rings. The number of thioether (sulfide) groups is 1. The van der Waals surface area contributed by atoms with E-state index in [9.17, 15) is 18.0 Å². The Morgan fingerprint density at radius 3 is 2.53 bits per heavy atom. The van der Waals surface area contributed by atoms with Gasteiger partial charge in [0.05, 0.1) is 22.2 Å². The van der Waals surface area contributed by atoms with E-state index in [4.69, 9.17) is 14.0 Å². The van der Waals surface area contributed by atoms with Crippen LogP contribution in [-0.2, 0) is 18.5 Å². The summed E-state index contributed by atoms with van der Waals surface area (Å²) in [5, 5.41) is 4.77. The van der Waals surface area contributed by atoms with Gasteiger partial charge in [-0.1, -0.05) is 36.0 Å². The van der Waals surface area contributed by atoms with Gasteiger partial charge in [-0.2, -0.15) is 18.2 Å². The number of fused-ring (bicyclic) bond motifs is 2. The Balaban J connectivity index is 1.40. The van der Waals surface area contributed by atoms with Crippen LogP contribution in [0.3, 0.4) is 0 Å². The van der Waals surface area contributed by atoms with Gasteiger partial charge in [-0.25, -0.2) is 4.98 Å². The standard InChI is InChI=1S/C22H17F3N4O4S/c1-2-7-29-20(30)14-8-16-17(32-11-31-16)9-15(14)26-21(29)34-10-18-27-19(28-33-18)12-3-5-13(6-4-12)22(23,24)25/h3-6,8-9H,2,7,10-11H2,1H3. The molecule has 176 valence electrons. The average molecular weight is 490 g/mol. The van der Waals surface area contributed by atoms with Crippen LogP contribution in [0, 0.1) is 0 Å². The number of aromatic nitrogens is 4. The largest absolute Gasteiger partial charge is 0.454 e. The van der Waals surface area contributed by atoms with E-state index < -0.39 is 11.7 Å². The predicted octanol–water partition coefficient (Wildman–Crippen LogP) is 4.90. The van der Waals surface area contributed by atoms with E-state index in [1.165, 1.54) is 23.9 Å². The lowest BCUT2D eigenvalue weighted by atomic mass is 10.1. The molecule has 12 heteroatoms. The van der Waals surface area contributed by atoms with Crippen LogP contribution in [0.2, 0.25) is 0 Å². The van der Waals surface area contributed by atoms with Crippen molar-refractivity contribution in [3.63, 3.8) is 0 Å². The Morgan fingerprint density at radius 2 is 1.82 bits per heavy atom. The SMILES string of the molecule is CCCn1c(SCc2nc(-c3ccc(C(F)(F)F)cc3)no2)nc2cc3c(cc2c1=O)OCO3. The molecule has 0 radical (unpaired) electrons. The lowest BCUT2D eigenvalue weighted by Crippen LogP contribution is -2.23. The number of alkyl halides is 3. The molecule has 34 heavy (non-hydrogen) atoms. The molecule has 0 unspecified atom stereocenters. The van der Waals surface area contributed by atoms with E-state index in [2.05, 4.69) is 15.1 Å². The second-order valence-corrected chi connectivity index (χ2v) is 8.39. The van der Waals surface area contributed by atoms with Crippen LogP contribution >= 0.6 is 11.8 Å². The van der Waals surface area contributed by atoms with Gasteiger partial charge in [0, 0.05) is 18.2 Å². The van der Waals surface area contributed by atoms with Crippen molar-refractivity contribution >= 4 is 22.7 Å². The van der Waals surface area contributed by atoms with Crippen LogP contribution in [0.15, 0.2) is 50.9 Å². The number of ether oxygens (including phenoxy) is 2. The van der Waals surface area contributed by atoms with Gasteiger partial charge in [0.1, 0.15) is 0 Å². The van der Waals surface area contributed by atoms with E-state index in [1.807, 2.05) is 6.92 Å². The molecule has 0 aliphatic carbocycles. The van der Waals surface area contributed by atoms with Crippen LogP contribution in [0.5, 0.6) is 11.5 Å². The summed E-state index contributed by atoms with van der Waals surface area (Å²) in [6, 6.07) is 7.83. The van der Waals surface area contributed by atoms with Gasteiger partial charge < -0.3 is 14.0 Å². The van der Waals surface area contributed by atoms with E-state index in [1.54, 1.807) is 16.7 Å². The van der Waals surface area contributed by atoms with Crippen LogP contribution < -0.4 is 15.0 Å². The number of nitrogens with zero attached hydrogens (tertiary/aromatic N) is 4. The third-order valence-electron chi connectivity index (χ3n) is 5.12. The first kappa shape index (κ1) is 22.3. The van der Waals surface area contributed by atoms with Crippen LogP contribution in [0.25, 0.3) is 22.3 Å². The summed E-state index contributed by atoms with van der Waals surface area (Å²) in [6.45, 7) is 2.52. The molecular weight excluding hydrogens is 473 g/mol. The van der Waals surface area contributed by atoms with Crippen molar-refractivity contribution in [3.8, 4) is 22.9 Å². The van der Waals surface area contributed by atoms with Crippen LogP contribution in [-0.4, -0.2) is 26.5 Å². The van der Waals surface area contributed by atoms with Gasteiger partial charge in [-0.05, 0) is 24.6 Å². The fraction of sp³-hybridized carbons (Fsp3) is 0.273. The van der Waals surface area contributed by atoms with E-state index >= 15 is 0 Å². The Labute approximate surface area is 194 Å². The van der Waals surface area contributed by atoms with Crippen molar-refractivity contribution in [2.75, 3.05) is 6.79 Å². The summed E-state index contributed by atoms with van der Waals surface area (Å²) in [5.74, 6) is 1.69. The lowest BCUT2D eigenvalue weighted by molar-refractivity contribution is -0.137. The highest BCUT2D eigenvalue weighted by molar-refractivity contribution is 7.98. The molecule has 0 spiro atoms. The summed E-state index contributed by atoms with van der Waals surface area (Å²) in [6.07, 6.45) is -3.69. The topological polar surface area (TPSA) is 92.3 Å². The predicted molar refractivity (Wildman–Crippen MR) is 117 cm³/mol. The zero-order valence-electron chi connectivity index (χ0n) is 17.8. The van der Waals surface area contributed by atoms with Gasteiger partial charge in [0.15, 0.2) is 16.7 Å². The molecule has 8 nitrogen and oxygen atoms in total. The molecule has 1 aliphatic heterocycles. The summed E-state index contributed by atoms with van der Waals surface area (Å²) in [7, 11) is 0. The van der Waals surface area contributed by atoms with Crippen molar-refractivity contribution in [2.24, 2.45) is 0 Å². The minimum absolute atomic E-state index is 0.0921. The first-order valence-electron chi connectivity index (χ1n) is 10.3. The third-order valence-corrected chi connectivity index (χ3v) is 6.09. The van der Waals surface area contributed by atoms with Crippen molar-refractivity contribution < 1.29 is 27.2 Å². The maximum absolute atomic E-state index is 13.1. The summed E-state index contributed by atoms with van der Waals surface area (Å²) in [4.78, 5) is 22.0. The van der Waals surface area contributed by atoms with Crippen LogP contribution in [0.1, 0.15) is 24.8 Å². The highest BCUT2D eigenvalue weighted by Crippen LogP contribution is 2.35. The monoisotopic (exact) mass is 490 g/mol. The molecule has 0 saturated heterocycles. The molecule has 0 saturated carbocycles. The lowest BCUT2D eigenvalue weighted by Gasteiger charge is -2.12. The molecule has 0 bridgehead atoms. The third kappa shape index (κ3) is 4.20. The number of hydrogen-bond donors (Lipinski definition) is 0. The van der Waals surface area contributed by atoms with Gasteiger partial charge in [-0.3, -0.25) is 9.36 Å². The molecule has 0 amide bonds. The molecule has 0 atom stereocenters. The second kappa shape index (κ2) is 8.67. The number of halogens is 3. The zero-order valence-corrected chi connectivity index (χ0v) is 18.6. The van der Waals surface area contributed by atoms with Gasteiger partial charge >= 0.3 is 6.18 Å². The molecule has 2 aromatic carbocycles.